The Bertz CT molecular complexity index is 632. The summed E-state index contributed by atoms with van der Waals surface area (Å²) in [5.41, 5.74) is 0. The zero-order valence-corrected chi connectivity index (χ0v) is 22.0. The summed E-state index contributed by atoms with van der Waals surface area (Å²) in [6, 6.07) is 0. The van der Waals surface area contributed by atoms with E-state index in [4.69, 9.17) is 4.99 Å². The summed E-state index contributed by atoms with van der Waals surface area (Å²) in [6.45, 7) is 15.9. The standard InChI is InChI=1S/C20H38N8S.HI/c1-4-18-23-20(29-24-18)28-16-14-27(15-17-28)19(21-5-2)22-8-6-10-26-11-7-9-25(3)12-13-26;/h4-17H2,1-3H3,(H,21,22);1H. The maximum atomic E-state index is 4.93. The van der Waals surface area contributed by atoms with Crippen molar-refractivity contribution < 1.29 is 0 Å². The number of hydrogen-bond donors (Lipinski definition) is 1. The first-order chi connectivity index (χ1) is 14.2. The van der Waals surface area contributed by atoms with Crippen LogP contribution in [0.5, 0.6) is 0 Å². The van der Waals surface area contributed by atoms with Crippen LogP contribution in [0.15, 0.2) is 4.99 Å². The Balaban J connectivity index is 0.00000320. The number of aliphatic imine (C=N–C) groups is 1. The van der Waals surface area contributed by atoms with Gasteiger partial charge in [-0.05, 0) is 46.4 Å². The molecule has 1 N–H and O–H groups in total. The first-order valence-electron chi connectivity index (χ1n) is 11.2. The van der Waals surface area contributed by atoms with E-state index < -0.39 is 0 Å². The number of rotatable bonds is 7. The second kappa shape index (κ2) is 13.6. The predicted octanol–water partition coefficient (Wildman–Crippen LogP) is 1.83. The van der Waals surface area contributed by atoms with Crippen LogP contribution >= 0.6 is 35.5 Å². The van der Waals surface area contributed by atoms with Crippen molar-refractivity contribution in [2.24, 2.45) is 4.99 Å². The molecule has 0 saturated carbocycles. The Morgan fingerprint density at radius 1 is 1.07 bits per heavy atom. The molecule has 8 nitrogen and oxygen atoms in total. The number of nitrogens with one attached hydrogen (secondary N) is 1. The molecule has 2 saturated heterocycles. The molecule has 30 heavy (non-hydrogen) atoms. The summed E-state index contributed by atoms with van der Waals surface area (Å²) in [5, 5.41) is 4.55. The molecule has 1 aromatic rings. The minimum atomic E-state index is 0. The van der Waals surface area contributed by atoms with E-state index in [0.717, 1.165) is 75.6 Å². The van der Waals surface area contributed by atoms with Gasteiger partial charge in [-0.25, -0.2) is 4.98 Å². The van der Waals surface area contributed by atoms with Crippen LogP contribution in [-0.4, -0.2) is 109 Å². The lowest BCUT2D eigenvalue weighted by atomic mass is 10.3. The summed E-state index contributed by atoms with van der Waals surface area (Å²) < 4.78 is 4.42. The average Bonchev–Trinajstić information content (AvgIpc) is 3.13. The van der Waals surface area contributed by atoms with E-state index in [9.17, 15) is 0 Å². The molecule has 1 aromatic heterocycles. The van der Waals surface area contributed by atoms with Gasteiger partial charge in [0, 0.05) is 70.3 Å². The molecule has 2 aliphatic rings. The predicted molar refractivity (Wildman–Crippen MR) is 138 cm³/mol. The molecule has 172 valence electrons. The maximum absolute atomic E-state index is 4.93. The lowest BCUT2D eigenvalue weighted by Gasteiger charge is -2.36. The fraction of sp³-hybridized carbons (Fsp3) is 0.850. The summed E-state index contributed by atoms with van der Waals surface area (Å²) in [7, 11) is 2.23. The minimum absolute atomic E-state index is 0. The molecular weight excluding hydrogens is 511 g/mol. The number of halogens is 1. The van der Waals surface area contributed by atoms with Gasteiger partial charge >= 0.3 is 0 Å². The van der Waals surface area contributed by atoms with Gasteiger partial charge in [-0.1, -0.05) is 6.92 Å². The van der Waals surface area contributed by atoms with Crippen LogP contribution in [0.25, 0.3) is 0 Å². The van der Waals surface area contributed by atoms with Crippen LogP contribution in [-0.2, 0) is 6.42 Å². The Kier molecular flexibility index (Phi) is 11.6. The van der Waals surface area contributed by atoms with Crippen molar-refractivity contribution in [1.29, 1.82) is 0 Å². The average molecular weight is 551 g/mol. The third-order valence-corrected chi connectivity index (χ3v) is 6.48. The quantitative estimate of drug-likeness (QED) is 0.241. The van der Waals surface area contributed by atoms with Gasteiger partial charge in [0.2, 0.25) is 5.13 Å². The highest BCUT2D eigenvalue weighted by Crippen LogP contribution is 2.19. The van der Waals surface area contributed by atoms with Crippen LogP contribution in [0, 0.1) is 0 Å². The second-order valence-electron chi connectivity index (χ2n) is 7.91. The van der Waals surface area contributed by atoms with Gasteiger partial charge in [0.1, 0.15) is 5.82 Å². The van der Waals surface area contributed by atoms with Crippen LogP contribution in [0.1, 0.15) is 32.5 Å². The number of aryl methyl sites for hydroxylation is 1. The van der Waals surface area contributed by atoms with E-state index in [2.05, 4.69) is 55.2 Å². The number of aromatic nitrogens is 2. The lowest BCUT2D eigenvalue weighted by Crippen LogP contribution is -2.52. The fourth-order valence-corrected chi connectivity index (χ4v) is 4.66. The van der Waals surface area contributed by atoms with E-state index >= 15 is 0 Å². The van der Waals surface area contributed by atoms with Crippen LogP contribution in [0.2, 0.25) is 0 Å². The van der Waals surface area contributed by atoms with Crippen molar-refractivity contribution in [2.45, 2.75) is 33.1 Å². The topological polar surface area (TPSA) is 63.1 Å². The molecule has 0 bridgehead atoms. The van der Waals surface area contributed by atoms with E-state index in [0.29, 0.717) is 0 Å². The maximum Gasteiger partial charge on any atom is 0.205 e. The molecule has 10 heteroatoms. The zero-order chi connectivity index (χ0) is 20.5. The van der Waals surface area contributed by atoms with E-state index in [1.54, 1.807) is 0 Å². The Morgan fingerprint density at radius 3 is 2.57 bits per heavy atom. The number of likely N-dealkylation sites (N-methyl/N-ethyl adjacent to an activating group) is 1. The van der Waals surface area contributed by atoms with Gasteiger partial charge in [0.15, 0.2) is 5.96 Å². The highest BCUT2D eigenvalue weighted by molar-refractivity contribution is 14.0. The Labute approximate surface area is 203 Å². The van der Waals surface area contributed by atoms with Gasteiger partial charge < -0.3 is 24.9 Å². The number of piperazine rings is 1. The molecular formula is C20H39IN8S. The fourth-order valence-electron chi connectivity index (χ4n) is 3.86. The molecule has 2 fully saturated rings. The van der Waals surface area contributed by atoms with Gasteiger partial charge in [-0.15, -0.1) is 24.0 Å². The second-order valence-corrected chi connectivity index (χ2v) is 8.64. The molecule has 3 rings (SSSR count). The molecule has 0 amide bonds. The van der Waals surface area contributed by atoms with Crippen molar-refractivity contribution in [1.82, 2.24) is 29.4 Å². The largest absolute Gasteiger partial charge is 0.357 e. The first-order valence-corrected chi connectivity index (χ1v) is 12.0. The van der Waals surface area contributed by atoms with Gasteiger partial charge in [0.05, 0.1) is 0 Å². The van der Waals surface area contributed by atoms with Crippen LogP contribution in [0.4, 0.5) is 5.13 Å². The number of nitrogens with zero attached hydrogens (tertiary/aromatic N) is 7. The van der Waals surface area contributed by atoms with Gasteiger partial charge in [-0.3, -0.25) is 4.99 Å². The molecule has 0 atom stereocenters. The highest BCUT2D eigenvalue weighted by Gasteiger charge is 2.22. The highest BCUT2D eigenvalue weighted by atomic mass is 127. The number of hydrogen-bond acceptors (Lipinski definition) is 7. The lowest BCUT2D eigenvalue weighted by molar-refractivity contribution is 0.274. The third kappa shape index (κ3) is 7.76. The number of guanidine groups is 1. The smallest absolute Gasteiger partial charge is 0.205 e. The van der Waals surface area contributed by atoms with Crippen molar-refractivity contribution in [2.75, 3.05) is 83.9 Å². The Morgan fingerprint density at radius 2 is 1.87 bits per heavy atom. The van der Waals surface area contributed by atoms with Crippen molar-refractivity contribution in [3.8, 4) is 0 Å². The Hall–Kier alpha value is -0.720. The van der Waals surface area contributed by atoms with Crippen LogP contribution < -0.4 is 10.2 Å². The summed E-state index contributed by atoms with van der Waals surface area (Å²) in [4.78, 5) is 19.3. The SMILES string of the molecule is CCNC(=NCCCN1CCCN(C)CC1)N1CCN(c2nc(CC)ns2)CC1.I. The van der Waals surface area contributed by atoms with Gasteiger partial charge in [0.25, 0.3) is 0 Å². The first kappa shape index (κ1) is 25.5. The minimum Gasteiger partial charge on any atom is -0.357 e. The third-order valence-electron chi connectivity index (χ3n) is 5.66. The molecule has 0 spiro atoms. The van der Waals surface area contributed by atoms with E-state index in [-0.39, 0.29) is 24.0 Å². The molecule has 3 heterocycles. The summed E-state index contributed by atoms with van der Waals surface area (Å²) in [5.74, 6) is 2.02. The normalized spacial score (nSPS) is 19.5. The zero-order valence-electron chi connectivity index (χ0n) is 18.8. The van der Waals surface area contributed by atoms with Crippen molar-refractivity contribution in [3.63, 3.8) is 0 Å². The summed E-state index contributed by atoms with van der Waals surface area (Å²) in [6.07, 6.45) is 3.31. The molecule has 0 aromatic carbocycles. The van der Waals surface area contributed by atoms with Crippen molar-refractivity contribution >= 4 is 46.6 Å². The van der Waals surface area contributed by atoms with E-state index in [1.807, 2.05) is 0 Å². The summed E-state index contributed by atoms with van der Waals surface area (Å²) >= 11 is 1.53. The molecule has 0 unspecified atom stereocenters. The molecule has 0 radical (unpaired) electrons. The van der Waals surface area contributed by atoms with Crippen LogP contribution in [0.3, 0.4) is 0 Å². The van der Waals surface area contributed by atoms with Crippen molar-refractivity contribution in [3.05, 3.63) is 5.82 Å². The number of anilines is 1. The molecule has 0 aliphatic carbocycles. The van der Waals surface area contributed by atoms with Gasteiger partial charge in [-0.2, -0.15) is 4.37 Å². The molecule has 2 aliphatic heterocycles. The van der Waals surface area contributed by atoms with E-state index in [1.165, 1.54) is 44.1 Å². The monoisotopic (exact) mass is 550 g/mol.